The first kappa shape index (κ1) is 23.4. The Balaban J connectivity index is 1.61. The standard InChI is InChI=1S/C24H30N4O4/c1-3-32-24(31)20-9-12-27(13-10-20)22(29)11-14-28(17-19-7-5-4-6-8-19)23(30)21-16-25-18(2)15-26-21/h4-8,15-16,20H,3,9-14,17H2,1-2H3. The van der Waals surface area contributed by atoms with Crippen molar-refractivity contribution in [2.24, 2.45) is 5.92 Å². The minimum Gasteiger partial charge on any atom is -0.466 e. The van der Waals surface area contributed by atoms with Crippen LogP contribution in [0.25, 0.3) is 0 Å². The summed E-state index contributed by atoms with van der Waals surface area (Å²) < 4.78 is 5.09. The lowest BCUT2D eigenvalue weighted by molar-refractivity contribution is -0.151. The quantitative estimate of drug-likeness (QED) is 0.588. The van der Waals surface area contributed by atoms with Crippen molar-refractivity contribution in [2.75, 3.05) is 26.2 Å². The first-order valence-electron chi connectivity index (χ1n) is 11.0. The molecule has 0 aliphatic carbocycles. The predicted octanol–water partition coefficient (Wildman–Crippen LogP) is 2.62. The Hall–Kier alpha value is -3.29. The van der Waals surface area contributed by atoms with Gasteiger partial charge in [-0.15, -0.1) is 0 Å². The smallest absolute Gasteiger partial charge is 0.309 e. The molecule has 0 unspecified atom stereocenters. The van der Waals surface area contributed by atoms with Gasteiger partial charge in [0, 0.05) is 38.8 Å². The van der Waals surface area contributed by atoms with Crippen LogP contribution < -0.4 is 0 Å². The summed E-state index contributed by atoms with van der Waals surface area (Å²) in [5.74, 6) is -0.600. The molecule has 1 aliphatic heterocycles. The number of hydrogen-bond donors (Lipinski definition) is 0. The molecule has 32 heavy (non-hydrogen) atoms. The van der Waals surface area contributed by atoms with E-state index in [-0.39, 0.29) is 42.4 Å². The van der Waals surface area contributed by atoms with Crippen molar-refractivity contribution in [3.63, 3.8) is 0 Å². The van der Waals surface area contributed by atoms with Crippen LogP contribution in [0.1, 0.15) is 47.9 Å². The average Bonchev–Trinajstić information content (AvgIpc) is 2.82. The number of nitrogens with zero attached hydrogens (tertiary/aromatic N) is 4. The highest BCUT2D eigenvalue weighted by molar-refractivity contribution is 5.92. The van der Waals surface area contributed by atoms with Crippen molar-refractivity contribution in [1.82, 2.24) is 19.8 Å². The number of esters is 1. The van der Waals surface area contributed by atoms with E-state index in [1.807, 2.05) is 37.3 Å². The Morgan fingerprint density at radius 3 is 2.44 bits per heavy atom. The number of benzene rings is 1. The number of carbonyl (C=O) groups is 3. The van der Waals surface area contributed by atoms with E-state index in [1.54, 1.807) is 22.9 Å². The van der Waals surface area contributed by atoms with E-state index in [0.29, 0.717) is 39.1 Å². The van der Waals surface area contributed by atoms with Crippen LogP contribution in [0.2, 0.25) is 0 Å². The van der Waals surface area contributed by atoms with E-state index in [9.17, 15) is 14.4 Å². The zero-order valence-electron chi connectivity index (χ0n) is 18.7. The van der Waals surface area contributed by atoms with Gasteiger partial charge >= 0.3 is 5.97 Å². The number of carbonyl (C=O) groups excluding carboxylic acids is 3. The Morgan fingerprint density at radius 2 is 1.81 bits per heavy atom. The second-order valence-electron chi connectivity index (χ2n) is 7.91. The summed E-state index contributed by atoms with van der Waals surface area (Å²) in [5, 5.41) is 0. The highest BCUT2D eigenvalue weighted by Gasteiger charge is 2.28. The highest BCUT2D eigenvalue weighted by atomic mass is 16.5. The second kappa shape index (κ2) is 11.4. The van der Waals surface area contributed by atoms with Gasteiger partial charge in [0.15, 0.2) is 0 Å². The summed E-state index contributed by atoms with van der Waals surface area (Å²) in [6, 6.07) is 9.65. The van der Waals surface area contributed by atoms with E-state index in [2.05, 4.69) is 9.97 Å². The van der Waals surface area contributed by atoms with Crippen molar-refractivity contribution in [2.45, 2.75) is 39.7 Å². The van der Waals surface area contributed by atoms with Crippen molar-refractivity contribution in [1.29, 1.82) is 0 Å². The summed E-state index contributed by atoms with van der Waals surface area (Å²) in [6.07, 6.45) is 4.46. The lowest BCUT2D eigenvalue weighted by Gasteiger charge is -2.31. The molecule has 0 bridgehead atoms. The molecule has 0 radical (unpaired) electrons. The number of ether oxygens (including phenoxy) is 1. The third kappa shape index (κ3) is 6.35. The zero-order valence-corrected chi connectivity index (χ0v) is 18.7. The summed E-state index contributed by atoms with van der Waals surface area (Å²) in [6.45, 7) is 5.69. The molecule has 1 fully saturated rings. The van der Waals surface area contributed by atoms with Gasteiger partial charge in [-0.25, -0.2) is 4.98 Å². The molecule has 0 saturated carbocycles. The van der Waals surface area contributed by atoms with Gasteiger partial charge in [0.05, 0.1) is 24.4 Å². The molecule has 2 heterocycles. The normalized spacial score (nSPS) is 14.1. The minimum absolute atomic E-state index is 0.0202. The first-order chi connectivity index (χ1) is 15.5. The van der Waals surface area contributed by atoms with Crippen LogP contribution in [-0.2, 0) is 20.9 Å². The SMILES string of the molecule is CCOC(=O)C1CCN(C(=O)CCN(Cc2ccccc2)C(=O)c2cnc(C)cn2)CC1. The van der Waals surface area contributed by atoms with Crippen molar-refractivity contribution in [3.8, 4) is 0 Å². The summed E-state index contributed by atoms with van der Waals surface area (Å²) in [5.41, 5.74) is 1.97. The lowest BCUT2D eigenvalue weighted by Crippen LogP contribution is -2.42. The van der Waals surface area contributed by atoms with Crippen LogP contribution in [0.3, 0.4) is 0 Å². The van der Waals surface area contributed by atoms with Gasteiger partial charge in [0.2, 0.25) is 5.91 Å². The average molecular weight is 439 g/mol. The Labute approximate surface area is 188 Å². The number of hydrogen-bond acceptors (Lipinski definition) is 6. The van der Waals surface area contributed by atoms with E-state index in [0.717, 1.165) is 11.3 Å². The maximum atomic E-state index is 13.1. The van der Waals surface area contributed by atoms with Crippen LogP contribution in [0.15, 0.2) is 42.7 Å². The van der Waals surface area contributed by atoms with E-state index in [1.165, 1.54) is 6.20 Å². The molecule has 2 aromatic rings. The van der Waals surface area contributed by atoms with E-state index in [4.69, 9.17) is 4.74 Å². The van der Waals surface area contributed by atoms with Crippen LogP contribution in [0.5, 0.6) is 0 Å². The fourth-order valence-corrected chi connectivity index (χ4v) is 3.73. The minimum atomic E-state index is -0.254. The number of amides is 2. The fraction of sp³-hybridized carbons (Fsp3) is 0.458. The topological polar surface area (TPSA) is 92.7 Å². The molecule has 1 aromatic heterocycles. The number of likely N-dealkylation sites (tertiary alicyclic amines) is 1. The number of aromatic nitrogens is 2. The molecular formula is C24H30N4O4. The molecule has 1 aromatic carbocycles. The number of aryl methyl sites for hydroxylation is 1. The van der Waals surface area contributed by atoms with Gasteiger partial charge in [0.1, 0.15) is 5.69 Å². The van der Waals surface area contributed by atoms with E-state index >= 15 is 0 Å². The molecule has 170 valence electrons. The van der Waals surface area contributed by atoms with Crippen molar-refractivity contribution in [3.05, 3.63) is 59.7 Å². The largest absolute Gasteiger partial charge is 0.466 e. The third-order valence-corrected chi connectivity index (χ3v) is 5.57. The van der Waals surface area contributed by atoms with Crippen molar-refractivity contribution < 1.29 is 19.1 Å². The first-order valence-corrected chi connectivity index (χ1v) is 11.0. The van der Waals surface area contributed by atoms with Crippen LogP contribution >= 0.6 is 0 Å². The van der Waals surface area contributed by atoms with Gasteiger partial charge in [-0.2, -0.15) is 0 Å². The molecule has 1 aliphatic rings. The summed E-state index contributed by atoms with van der Waals surface area (Å²) in [7, 11) is 0. The molecular weight excluding hydrogens is 408 g/mol. The zero-order chi connectivity index (χ0) is 22.9. The Kier molecular flexibility index (Phi) is 8.30. The van der Waals surface area contributed by atoms with Crippen LogP contribution in [-0.4, -0.2) is 63.8 Å². The van der Waals surface area contributed by atoms with Crippen molar-refractivity contribution >= 4 is 17.8 Å². The molecule has 3 rings (SSSR count). The number of rotatable bonds is 8. The molecule has 0 N–H and O–H groups in total. The molecule has 1 saturated heterocycles. The van der Waals surface area contributed by atoms with E-state index < -0.39 is 0 Å². The van der Waals surface area contributed by atoms with Gasteiger partial charge < -0.3 is 14.5 Å². The van der Waals surface area contributed by atoms with Gasteiger partial charge in [0.25, 0.3) is 5.91 Å². The lowest BCUT2D eigenvalue weighted by atomic mass is 9.97. The highest BCUT2D eigenvalue weighted by Crippen LogP contribution is 2.19. The molecule has 8 nitrogen and oxygen atoms in total. The fourth-order valence-electron chi connectivity index (χ4n) is 3.73. The molecule has 2 amide bonds. The Morgan fingerprint density at radius 1 is 1.09 bits per heavy atom. The summed E-state index contributed by atoms with van der Waals surface area (Å²) >= 11 is 0. The van der Waals surface area contributed by atoms with Gasteiger partial charge in [-0.05, 0) is 32.3 Å². The second-order valence-corrected chi connectivity index (χ2v) is 7.91. The number of piperidine rings is 1. The predicted molar refractivity (Wildman–Crippen MR) is 119 cm³/mol. The van der Waals surface area contributed by atoms with Crippen LogP contribution in [0.4, 0.5) is 0 Å². The molecule has 0 atom stereocenters. The van der Waals surface area contributed by atoms with Crippen LogP contribution in [0, 0.1) is 12.8 Å². The molecule has 8 heteroatoms. The molecule has 0 spiro atoms. The third-order valence-electron chi connectivity index (χ3n) is 5.57. The van der Waals surface area contributed by atoms with Gasteiger partial charge in [-0.1, -0.05) is 30.3 Å². The monoisotopic (exact) mass is 438 g/mol. The maximum Gasteiger partial charge on any atom is 0.309 e. The maximum absolute atomic E-state index is 13.1. The summed E-state index contributed by atoms with van der Waals surface area (Å²) in [4.78, 5) is 49.6. The Bertz CT molecular complexity index is 909. The van der Waals surface area contributed by atoms with Gasteiger partial charge in [-0.3, -0.25) is 19.4 Å².